The van der Waals surface area contributed by atoms with Gasteiger partial charge >= 0.3 is 0 Å². The topological polar surface area (TPSA) is 59.6 Å². The molecule has 1 aromatic carbocycles. The van der Waals surface area contributed by atoms with E-state index in [9.17, 15) is 8.78 Å². The Kier molecular flexibility index (Phi) is 4.89. The first-order valence-corrected chi connectivity index (χ1v) is 6.68. The Bertz CT molecular complexity index is 493. The Hall–Kier alpha value is -1.69. The normalized spacial score (nSPS) is 23.6. The molecule has 0 bridgehead atoms. The van der Waals surface area contributed by atoms with Crippen LogP contribution in [0.1, 0.15) is 19.8 Å². The first kappa shape index (κ1) is 14.7. The summed E-state index contributed by atoms with van der Waals surface area (Å²) in [5, 5.41) is 2.58. The van der Waals surface area contributed by atoms with E-state index in [1.165, 1.54) is 0 Å². The van der Waals surface area contributed by atoms with Gasteiger partial charge < -0.3 is 15.8 Å². The van der Waals surface area contributed by atoms with Crippen LogP contribution in [0.4, 0.5) is 14.5 Å². The van der Waals surface area contributed by atoms with Gasteiger partial charge in [-0.15, -0.1) is 0 Å². The molecule has 0 saturated carbocycles. The second kappa shape index (κ2) is 6.65. The third-order valence-corrected chi connectivity index (χ3v) is 3.30. The van der Waals surface area contributed by atoms with Crippen LogP contribution in [0.25, 0.3) is 0 Å². The molecule has 1 heterocycles. The average molecular weight is 283 g/mol. The van der Waals surface area contributed by atoms with Crippen molar-refractivity contribution < 1.29 is 13.5 Å². The Morgan fingerprint density at radius 1 is 1.50 bits per heavy atom. The maximum atomic E-state index is 13.4. The molecule has 2 unspecified atom stereocenters. The summed E-state index contributed by atoms with van der Waals surface area (Å²) in [5.74, 6) is -0.589. The molecular formula is C14H19F2N3O. The molecule has 2 atom stereocenters. The minimum atomic E-state index is -0.566. The van der Waals surface area contributed by atoms with Crippen LogP contribution in [0.15, 0.2) is 23.2 Å². The number of nitrogens with one attached hydrogen (secondary N) is 1. The third kappa shape index (κ3) is 4.16. The molecule has 20 heavy (non-hydrogen) atoms. The lowest BCUT2D eigenvalue weighted by atomic mass is 9.96. The van der Waals surface area contributed by atoms with E-state index in [1.807, 2.05) is 6.92 Å². The fourth-order valence-electron chi connectivity index (χ4n) is 2.26. The number of nitrogens with zero attached hydrogens (tertiary/aromatic N) is 1. The van der Waals surface area contributed by atoms with E-state index in [2.05, 4.69) is 10.3 Å². The fraction of sp³-hybridized carbons (Fsp3) is 0.500. The van der Waals surface area contributed by atoms with Crippen molar-refractivity contribution in [3.63, 3.8) is 0 Å². The molecule has 110 valence electrons. The molecule has 1 saturated heterocycles. The van der Waals surface area contributed by atoms with Gasteiger partial charge in [-0.3, -0.25) is 4.99 Å². The molecular weight excluding hydrogens is 264 g/mol. The fourth-order valence-corrected chi connectivity index (χ4v) is 2.26. The highest BCUT2D eigenvalue weighted by molar-refractivity contribution is 5.92. The van der Waals surface area contributed by atoms with E-state index >= 15 is 0 Å². The Labute approximate surface area is 117 Å². The SMILES string of the molecule is CC1CC(CN=C(N)Nc2cc(F)ccc2F)CCO1. The number of guanidine groups is 1. The maximum absolute atomic E-state index is 13.4. The monoisotopic (exact) mass is 283 g/mol. The van der Waals surface area contributed by atoms with Crippen molar-refractivity contribution in [2.45, 2.75) is 25.9 Å². The predicted octanol–water partition coefficient (Wildman–Crippen LogP) is 2.51. The molecule has 6 heteroatoms. The van der Waals surface area contributed by atoms with Crippen molar-refractivity contribution in [3.8, 4) is 0 Å². The number of aliphatic imine (C=N–C) groups is 1. The van der Waals surface area contributed by atoms with Crippen LogP contribution in [-0.4, -0.2) is 25.2 Å². The molecule has 3 N–H and O–H groups in total. The van der Waals surface area contributed by atoms with Gasteiger partial charge in [-0.05, 0) is 37.8 Å². The number of benzene rings is 1. The van der Waals surface area contributed by atoms with Crippen LogP contribution in [0.3, 0.4) is 0 Å². The maximum Gasteiger partial charge on any atom is 0.193 e. The van der Waals surface area contributed by atoms with Crippen LogP contribution < -0.4 is 11.1 Å². The minimum Gasteiger partial charge on any atom is -0.378 e. The molecule has 0 spiro atoms. The van der Waals surface area contributed by atoms with Gasteiger partial charge in [-0.2, -0.15) is 0 Å². The van der Waals surface area contributed by atoms with Crippen molar-refractivity contribution in [1.82, 2.24) is 0 Å². The lowest BCUT2D eigenvalue weighted by Gasteiger charge is -2.26. The highest BCUT2D eigenvalue weighted by atomic mass is 19.1. The highest BCUT2D eigenvalue weighted by Crippen LogP contribution is 2.20. The Morgan fingerprint density at radius 3 is 3.05 bits per heavy atom. The number of rotatable bonds is 3. The number of nitrogens with two attached hydrogens (primary N) is 1. The molecule has 0 amide bonds. The van der Waals surface area contributed by atoms with Gasteiger partial charge in [0.25, 0.3) is 0 Å². The molecule has 0 radical (unpaired) electrons. The summed E-state index contributed by atoms with van der Waals surface area (Å²) in [6.07, 6.45) is 2.11. The largest absolute Gasteiger partial charge is 0.378 e. The highest BCUT2D eigenvalue weighted by Gasteiger charge is 2.18. The molecule has 2 rings (SSSR count). The van der Waals surface area contributed by atoms with Gasteiger partial charge in [-0.25, -0.2) is 8.78 Å². The summed E-state index contributed by atoms with van der Waals surface area (Å²) in [7, 11) is 0. The molecule has 0 aliphatic carbocycles. The lowest BCUT2D eigenvalue weighted by Crippen LogP contribution is -2.28. The summed E-state index contributed by atoms with van der Waals surface area (Å²) < 4.78 is 31.9. The van der Waals surface area contributed by atoms with Crippen LogP contribution in [0.5, 0.6) is 0 Å². The molecule has 0 aromatic heterocycles. The summed E-state index contributed by atoms with van der Waals surface area (Å²) in [6, 6.07) is 3.15. The third-order valence-electron chi connectivity index (χ3n) is 3.30. The molecule has 1 aliphatic heterocycles. The lowest BCUT2D eigenvalue weighted by molar-refractivity contribution is 0.00482. The first-order valence-electron chi connectivity index (χ1n) is 6.68. The van der Waals surface area contributed by atoms with Gasteiger partial charge in [0, 0.05) is 19.2 Å². The van der Waals surface area contributed by atoms with Gasteiger partial charge in [0.15, 0.2) is 5.96 Å². The van der Waals surface area contributed by atoms with Crippen molar-refractivity contribution >= 4 is 11.6 Å². The second-order valence-corrected chi connectivity index (χ2v) is 5.05. The van der Waals surface area contributed by atoms with E-state index < -0.39 is 11.6 Å². The van der Waals surface area contributed by atoms with E-state index in [1.54, 1.807) is 0 Å². The van der Waals surface area contributed by atoms with E-state index in [4.69, 9.17) is 10.5 Å². The van der Waals surface area contributed by atoms with Crippen LogP contribution >= 0.6 is 0 Å². The molecule has 1 aliphatic rings. The number of hydrogen-bond donors (Lipinski definition) is 2. The van der Waals surface area contributed by atoms with Crippen molar-refractivity contribution in [2.24, 2.45) is 16.6 Å². The average Bonchev–Trinajstić information content (AvgIpc) is 2.41. The van der Waals surface area contributed by atoms with Gasteiger partial charge in [0.1, 0.15) is 11.6 Å². The minimum absolute atomic E-state index is 0.00778. The van der Waals surface area contributed by atoms with Crippen molar-refractivity contribution in [1.29, 1.82) is 0 Å². The summed E-state index contributed by atoms with van der Waals surface area (Å²) in [6.45, 7) is 3.32. The summed E-state index contributed by atoms with van der Waals surface area (Å²) in [5.41, 5.74) is 5.69. The Morgan fingerprint density at radius 2 is 2.30 bits per heavy atom. The summed E-state index contributed by atoms with van der Waals surface area (Å²) in [4.78, 5) is 4.19. The zero-order valence-corrected chi connectivity index (χ0v) is 11.4. The smallest absolute Gasteiger partial charge is 0.193 e. The van der Waals surface area contributed by atoms with Gasteiger partial charge in [-0.1, -0.05) is 0 Å². The van der Waals surface area contributed by atoms with Crippen molar-refractivity contribution in [2.75, 3.05) is 18.5 Å². The number of hydrogen-bond acceptors (Lipinski definition) is 2. The van der Waals surface area contributed by atoms with Crippen LogP contribution in [-0.2, 0) is 4.74 Å². The van der Waals surface area contributed by atoms with Gasteiger partial charge in [0.2, 0.25) is 0 Å². The summed E-state index contributed by atoms with van der Waals surface area (Å²) >= 11 is 0. The van der Waals surface area contributed by atoms with Gasteiger partial charge in [0.05, 0.1) is 11.8 Å². The predicted molar refractivity (Wildman–Crippen MR) is 74.6 cm³/mol. The number of anilines is 1. The number of ether oxygens (including phenoxy) is 1. The van der Waals surface area contributed by atoms with Crippen LogP contribution in [0.2, 0.25) is 0 Å². The zero-order valence-electron chi connectivity index (χ0n) is 11.4. The Balaban J connectivity index is 1.92. The first-order chi connectivity index (χ1) is 9.54. The van der Waals surface area contributed by atoms with E-state index in [0.29, 0.717) is 12.5 Å². The quantitative estimate of drug-likeness (QED) is 0.662. The van der Waals surface area contributed by atoms with E-state index in [-0.39, 0.29) is 17.8 Å². The molecule has 1 fully saturated rings. The second-order valence-electron chi connectivity index (χ2n) is 5.05. The van der Waals surface area contributed by atoms with Crippen LogP contribution in [0, 0.1) is 17.6 Å². The van der Waals surface area contributed by atoms with Crippen molar-refractivity contribution in [3.05, 3.63) is 29.8 Å². The number of halogens is 2. The van der Waals surface area contributed by atoms with E-state index in [0.717, 1.165) is 37.6 Å². The molecule has 1 aromatic rings. The zero-order chi connectivity index (χ0) is 14.5. The standard InChI is InChI=1S/C14H19F2N3O/c1-9-6-10(4-5-20-9)8-18-14(17)19-13-7-11(15)2-3-12(13)16/h2-3,7,9-10H,4-6,8H2,1H3,(H3,17,18,19). The molecule has 4 nitrogen and oxygen atoms in total.